The van der Waals surface area contributed by atoms with Gasteiger partial charge in [0.15, 0.2) is 0 Å². The Hall–Kier alpha value is -0.0400. The van der Waals surface area contributed by atoms with Crippen LogP contribution < -0.4 is 5.32 Å². The Kier molecular flexibility index (Phi) is 1.69. The molecule has 58 valence electrons. The zero-order valence-electron chi connectivity index (χ0n) is 6.77. The van der Waals surface area contributed by atoms with Gasteiger partial charge in [0.2, 0.25) is 0 Å². The Morgan fingerprint density at radius 1 is 1.40 bits per heavy atom. The van der Waals surface area contributed by atoms with Gasteiger partial charge in [-0.3, -0.25) is 0 Å². The van der Waals surface area contributed by atoms with Gasteiger partial charge in [-0.2, -0.15) is 0 Å². The summed E-state index contributed by atoms with van der Waals surface area (Å²) >= 11 is 0. The monoisotopic (exact) mass is 139 g/mol. The van der Waals surface area contributed by atoms with Gasteiger partial charge in [0.25, 0.3) is 0 Å². The lowest BCUT2D eigenvalue weighted by Crippen LogP contribution is -2.28. The highest BCUT2D eigenvalue weighted by atomic mass is 15.0. The van der Waals surface area contributed by atoms with Gasteiger partial charge in [0.05, 0.1) is 0 Å². The fourth-order valence-electron chi connectivity index (χ4n) is 2.56. The first-order valence-corrected chi connectivity index (χ1v) is 4.66. The van der Waals surface area contributed by atoms with Crippen LogP contribution in [0.3, 0.4) is 0 Å². The fraction of sp³-hybridized carbons (Fsp3) is 1.00. The number of nitrogens with one attached hydrogen (secondary N) is 1. The molecule has 1 heterocycles. The van der Waals surface area contributed by atoms with Crippen molar-refractivity contribution in [2.75, 3.05) is 0 Å². The van der Waals surface area contributed by atoms with E-state index in [9.17, 15) is 0 Å². The molecule has 0 amide bonds. The van der Waals surface area contributed by atoms with E-state index in [2.05, 4.69) is 12.2 Å². The van der Waals surface area contributed by atoms with Gasteiger partial charge < -0.3 is 5.32 Å². The molecule has 0 radical (unpaired) electrons. The minimum absolute atomic E-state index is 0.857. The average Bonchev–Trinajstić information content (AvgIpc) is 2.42. The summed E-state index contributed by atoms with van der Waals surface area (Å²) in [5.41, 5.74) is 0. The minimum atomic E-state index is 0.857. The maximum atomic E-state index is 3.70. The van der Waals surface area contributed by atoms with E-state index >= 15 is 0 Å². The van der Waals surface area contributed by atoms with E-state index in [1.54, 1.807) is 0 Å². The molecule has 0 spiro atoms. The standard InChI is InChI=1S/C9H17N/c1-2-8-6-7-4-3-5-9(7)10-8/h7-10H,2-6H2,1H3/t7-,8+,9-/m0/s1. The second kappa shape index (κ2) is 2.54. The molecule has 0 bridgehead atoms. The Balaban J connectivity index is 1.94. The summed E-state index contributed by atoms with van der Waals surface area (Å²) in [5.74, 6) is 1.05. The predicted molar refractivity (Wildman–Crippen MR) is 43.0 cm³/mol. The minimum Gasteiger partial charge on any atom is -0.311 e. The van der Waals surface area contributed by atoms with Crippen LogP contribution in [0.15, 0.2) is 0 Å². The average molecular weight is 139 g/mol. The first-order valence-electron chi connectivity index (χ1n) is 4.66. The molecule has 3 atom stereocenters. The van der Waals surface area contributed by atoms with Crippen LogP contribution >= 0.6 is 0 Å². The van der Waals surface area contributed by atoms with Crippen molar-refractivity contribution in [2.24, 2.45) is 5.92 Å². The molecule has 2 aliphatic rings. The van der Waals surface area contributed by atoms with Crippen LogP contribution in [0.1, 0.15) is 39.0 Å². The van der Waals surface area contributed by atoms with Crippen molar-refractivity contribution < 1.29 is 0 Å². The molecule has 1 aliphatic carbocycles. The lowest BCUT2D eigenvalue weighted by Gasteiger charge is -2.09. The highest BCUT2D eigenvalue weighted by Gasteiger charge is 2.35. The first-order chi connectivity index (χ1) is 4.90. The predicted octanol–water partition coefficient (Wildman–Crippen LogP) is 1.93. The van der Waals surface area contributed by atoms with Gasteiger partial charge in [0, 0.05) is 12.1 Å². The highest BCUT2D eigenvalue weighted by Crippen LogP contribution is 2.35. The van der Waals surface area contributed by atoms with Crippen LogP contribution in [0, 0.1) is 5.92 Å². The summed E-state index contributed by atoms with van der Waals surface area (Å²) in [4.78, 5) is 0. The van der Waals surface area contributed by atoms with Gasteiger partial charge in [-0.15, -0.1) is 0 Å². The zero-order chi connectivity index (χ0) is 6.97. The Labute approximate surface area is 63.2 Å². The third-order valence-electron chi connectivity index (χ3n) is 3.19. The van der Waals surface area contributed by atoms with Gasteiger partial charge in [-0.1, -0.05) is 13.3 Å². The molecular formula is C9H17N. The van der Waals surface area contributed by atoms with E-state index < -0.39 is 0 Å². The summed E-state index contributed by atoms with van der Waals surface area (Å²) < 4.78 is 0. The maximum Gasteiger partial charge on any atom is 0.00984 e. The molecule has 2 fully saturated rings. The van der Waals surface area contributed by atoms with E-state index in [0.29, 0.717) is 0 Å². The third kappa shape index (κ3) is 0.968. The van der Waals surface area contributed by atoms with E-state index in [0.717, 1.165) is 18.0 Å². The van der Waals surface area contributed by atoms with Crippen molar-refractivity contribution in [1.29, 1.82) is 0 Å². The molecule has 10 heavy (non-hydrogen) atoms. The van der Waals surface area contributed by atoms with Crippen LogP contribution in [0.5, 0.6) is 0 Å². The highest BCUT2D eigenvalue weighted by molar-refractivity contribution is 4.93. The van der Waals surface area contributed by atoms with Gasteiger partial charge >= 0.3 is 0 Å². The van der Waals surface area contributed by atoms with E-state index in [1.165, 1.54) is 32.1 Å². The summed E-state index contributed by atoms with van der Waals surface area (Å²) in [6.07, 6.45) is 7.20. The van der Waals surface area contributed by atoms with E-state index in [1.807, 2.05) is 0 Å². The zero-order valence-corrected chi connectivity index (χ0v) is 6.77. The summed E-state index contributed by atoms with van der Waals surface area (Å²) in [6, 6.07) is 1.76. The van der Waals surface area contributed by atoms with Crippen LogP contribution in [-0.4, -0.2) is 12.1 Å². The van der Waals surface area contributed by atoms with Crippen LogP contribution in [0.4, 0.5) is 0 Å². The molecular weight excluding hydrogens is 122 g/mol. The van der Waals surface area contributed by atoms with Crippen molar-refractivity contribution >= 4 is 0 Å². The quantitative estimate of drug-likeness (QED) is 0.585. The van der Waals surface area contributed by atoms with Crippen LogP contribution in [-0.2, 0) is 0 Å². The van der Waals surface area contributed by atoms with E-state index in [-0.39, 0.29) is 0 Å². The first kappa shape index (κ1) is 6.66. The second-order valence-corrected chi connectivity index (χ2v) is 3.81. The molecule has 1 heteroatoms. The molecule has 1 saturated heterocycles. The maximum absolute atomic E-state index is 3.70. The molecule has 1 N–H and O–H groups in total. The molecule has 0 aromatic rings. The molecule has 1 aliphatic heterocycles. The number of hydrogen-bond acceptors (Lipinski definition) is 1. The van der Waals surface area contributed by atoms with Crippen molar-refractivity contribution in [2.45, 2.75) is 51.1 Å². The number of fused-ring (bicyclic) bond motifs is 1. The molecule has 1 nitrogen and oxygen atoms in total. The lowest BCUT2D eigenvalue weighted by atomic mass is 10.0. The van der Waals surface area contributed by atoms with Crippen LogP contribution in [0.2, 0.25) is 0 Å². The summed E-state index contributed by atoms with van der Waals surface area (Å²) in [6.45, 7) is 2.29. The topological polar surface area (TPSA) is 12.0 Å². The van der Waals surface area contributed by atoms with Crippen molar-refractivity contribution in [3.05, 3.63) is 0 Å². The molecule has 1 saturated carbocycles. The summed E-state index contributed by atoms with van der Waals surface area (Å²) in [7, 11) is 0. The van der Waals surface area contributed by atoms with Gasteiger partial charge in [-0.05, 0) is 31.6 Å². The van der Waals surface area contributed by atoms with Crippen molar-refractivity contribution in [3.63, 3.8) is 0 Å². The van der Waals surface area contributed by atoms with Crippen molar-refractivity contribution in [1.82, 2.24) is 5.32 Å². The second-order valence-electron chi connectivity index (χ2n) is 3.81. The van der Waals surface area contributed by atoms with Crippen LogP contribution in [0.25, 0.3) is 0 Å². The fourth-order valence-corrected chi connectivity index (χ4v) is 2.56. The Morgan fingerprint density at radius 2 is 2.30 bits per heavy atom. The van der Waals surface area contributed by atoms with Gasteiger partial charge in [0.1, 0.15) is 0 Å². The largest absolute Gasteiger partial charge is 0.311 e. The molecule has 0 aromatic heterocycles. The van der Waals surface area contributed by atoms with Crippen molar-refractivity contribution in [3.8, 4) is 0 Å². The molecule has 0 unspecified atom stereocenters. The molecule has 0 aromatic carbocycles. The van der Waals surface area contributed by atoms with E-state index in [4.69, 9.17) is 0 Å². The lowest BCUT2D eigenvalue weighted by molar-refractivity contribution is 0.513. The number of rotatable bonds is 1. The smallest absolute Gasteiger partial charge is 0.00984 e. The Bertz CT molecular complexity index is 110. The summed E-state index contributed by atoms with van der Waals surface area (Å²) in [5, 5.41) is 3.70. The third-order valence-corrected chi connectivity index (χ3v) is 3.19. The SMILES string of the molecule is CC[C@@H]1C[C@@H]2CCC[C@@H]2N1. The molecule has 2 rings (SSSR count). The normalized spacial score (nSPS) is 45.9. The Morgan fingerprint density at radius 3 is 3.00 bits per heavy atom. The number of hydrogen-bond donors (Lipinski definition) is 1. The van der Waals surface area contributed by atoms with Gasteiger partial charge in [-0.25, -0.2) is 0 Å².